The Balaban J connectivity index is 1.41. The first-order chi connectivity index (χ1) is 15.4. The van der Waals surface area contributed by atoms with Gasteiger partial charge in [0.25, 0.3) is 5.56 Å². The number of nitrogens with zero attached hydrogens (tertiary/aromatic N) is 2. The van der Waals surface area contributed by atoms with Gasteiger partial charge in [-0.05, 0) is 61.1 Å². The van der Waals surface area contributed by atoms with Crippen LogP contribution in [-0.4, -0.2) is 27.3 Å². The molecule has 2 aliphatic rings. The molecule has 2 aromatic carbocycles. The fourth-order valence-corrected chi connectivity index (χ4v) is 5.20. The van der Waals surface area contributed by atoms with Crippen LogP contribution in [0.15, 0.2) is 57.8 Å². The third-order valence-corrected chi connectivity index (χ3v) is 7.20. The number of aromatic amines is 1. The van der Waals surface area contributed by atoms with Gasteiger partial charge in [0.2, 0.25) is 5.91 Å². The van der Waals surface area contributed by atoms with Crippen LogP contribution in [0.2, 0.25) is 5.02 Å². The molecule has 5 rings (SSSR count). The van der Waals surface area contributed by atoms with Gasteiger partial charge in [-0.3, -0.25) is 9.59 Å². The number of rotatable bonds is 4. The number of benzene rings is 2. The minimum Gasteiger partial charge on any atom is -0.338 e. The lowest BCUT2D eigenvalue weighted by Crippen LogP contribution is -2.34. The second-order valence-corrected chi connectivity index (χ2v) is 10.0. The van der Waals surface area contributed by atoms with E-state index in [4.69, 9.17) is 16.6 Å². The molecule has 1 saturated carbocycles. The second kappa shape index (κ2) is 8.49. The molecular formula is C25H23BrClN3O2. The third kappa shape index (κ3) is 4.14. The van der Waals surface area contributed by atoms with E-state index in [0.29, 0.717) is 36.5 Å². The number of fused-ring (bicyclic) bond motifs is 1. The van der Waals surface area contributed by atoms with Crippen LogP contribution in [0.3, 0.4) is 0 Å². The largest absolute Gasteiger partial charge is 0.338 e. The monoisotopic (exact) mass is 511 g/mol. The summed E-state index contributed by atoms with van der Waals surface area (Å²) in [4.78, 5) is 35.8. The van der Waals surface area contributed by atoms with E-state index in [-0.39, 0.29) is 16.9 Å². The summed E-state index contributed by atoms with van der Waals surface area (Å²) in [6, 6.07) is 15.6. The van der Waals surface area contributed by atoms with E-state index in [9.17, 15) is 9.59 Å². The van der Waals surface area contributed by atoms with Crippen molar-refractivity contribution in [2.24, 2.45) is 0 Å². The Kier molecular flexibility index (Phi) is 5.68. The average molecular weight is 513 g/mol. The molecule has 1 aromatic heterocycles. The summed E-state index contributed by atoms with van der Waals surface area (Å²) in [7, 11) is 0. The number of aryl methyl sites for hydroxylation is 1. The van der Waals surface area contributed by atoms with Crippen molar-refractivity contribution < 1.29 is 4.79 Å². The lowest BCUT2D eigenvalue weighted by Gasteiger charge is -2.21. The summed E-state index contributed by atoms with van der Waals surface area (Å²) >= 11 is 9.67. The quantitative estimate of drug-likeness (QED) is 0.547. The molecule has 1 fully saturated rings. The maximum atomic E-state index is 13.1. The molecule has 0 unspecified atom stereocenters. The highest BCUT2D eigenvalue weighted by Gasteiger charge is 2.48. The van der Waals surface area contributed by atoms with Crippen molar-refractivity contribution in [1.82, 2.24) is 14.9 Å². The molecule has 5 nitrogen and oxygen atoms in total. The Morgan fingerprint density at radius 2 is 2.00 bits per heavy atom. The van der Waals surface area contributed by atoms with Crippen LogP contribution in [0.1, 0.15) is 47.5 Å². The molecule has 2 heterocycles. The molecule has 3 aromatic rings. The SMILES string of the molecule is O=C(Cc1cccc(Br)c1)N1CCCc2nc(C3(c4cccc(Cl)c4)CC3)[nH]c(=O)c2C1. The van der Waals surface area contributed by atoms with Gasteiger partial charge in [0.05, 0.1) is 29.6 Å². The molecule has 32 heavy (non-hydrogen) atoms. The molecule has 0 bridgehead atoms. The standard InChI is InChI=1S/C25H23BrClN3O2/c26-18-6-1-4-16(12-18)13-22(31)30-11-3-8-21-20(15-30)23(32)29-24(28-21)25(9-10-25)17-5-2-7-19(27)14-17/h1-2,4-7,12,14H,3,8-11,13,15H2,(H,28,29,32). The minimum absolute atomic E-state index is 0.0250. The number of halogens is 2. The fraction of sp³-hybridized carbons (Fsp3) is 0.320. The van der Waals surface area contributed by atoms with E-state index in [1.807, 2.05) is 48.5 Å². The van der Waals surface area contributed by atoms with Crippen molar-refractivity contribution in [2.75, 3.05) is 6.54 Å². The fourth-order valence-electron chi connectivity index (χ4n) is 4.57. The number of carbonyl (C=O) groups excluding carboxylic acids is 1. The lowest BCUT2D eigenvalue weighted by molar-refractivity contribution is -0.131. The average Bonchev–Trinajstić information content (AvgIpc) is 3.58. The van der Waals surface area contributed by atoms with Crippen LogP contribution in [0, 0.1) is 0 Å². The van der Waals surface area contributed by atoms with Gasteiger partial charge in [0.1, 0.15) is 5.82 Å². The Bertz CT molecular complexity index is 1250. The summed E-state index contributed by atoms with van der Waals surface area (Å²) in [5, 5.41) is 0.686. The van der Waals surface area contributed by atoms with Gasteiger partial charge in [0.15, 0.2) is 0 Å². The van der Waals surface area contributed by atoms with Gasteiger partial charge in [-0.25, -0.2) is 4.98 Å². The van der Waals surface area contributed by atoms with Crippen LogP contribution in [0.4, 0.5) is 0 Å². The van der Waals surface area contributed by atoms with Crippen molar-refractivity contribution in [3.8, 4) is 0 Å². The van der Waals surface area contributed by atoms with Crippen LogP contribution >= 0.6 is 27.5 Å². The van der Waals surface area contributed by atoms with Crippen molar-refractivity contribution in [2.45, 2.75) is 44.1 Å². The third-order valence-electron chi connectivity index (χ3n) is 6.47. The molecule has 1 amide bonds. The van der Waals surface area contributed by atoms with E-state index >= 15 is 0 Å². The number of H-pyrrole nitrogens is 1. The highest BCUT2D eigenvalue weighted by Crippen LogP contribution is 2.52. The predicted molar refractivity (Wildman–Crippen MR) is 128 cm³/mol. The smallest absolute Gasteiger partial charge is 0.256 e. The number of hydrogen-bond acceptors (Lipinski definition) is 3. The zero-order valence-electron chi connectivity index (χ0n) is 17.5. The van der Waals surface area contributed by atoms with Gasteiger partial charge in [-0.1, -0.05) is 51.8 Å². The van der Waals surface area contributed by atoms with Crippen LogP contribution in [0.5, 0.6) is 0 Å². The molecule has 7 heteroatoms. The highest BCUT2D eigenvalue weighted by molar-refractivity contribution is 9.10. The second-order valence-electron chi connectivity index (χ2n) is 8.66. The first kappa shape index (κ1) is 21.4. The van der Waals surface area contributed by atoms with E-state index in [1.165, 1.54) is 0 Å². The molecule has 0 spiro atoms. The molecule has 1 aliphatic carbocycles. The van der Waals surface area contributed by atoms with E-state index in [0.717, 1.165) is 46.4 Å². The summed E-state index contributed by atoms with van der Waals surface area (Å²) in [5.41, 5.74) is 3.06. The molecule has 0 atom stereocenters. The Morgan fingerprint density at radius 3 is 2.75 bits per heavy atom. The van der Waals surface area contributed by atoms with Crippen molar-refractivity contribution >= 4 is 33.4 Å². The molecule has 1 N–H and O–H groups in total. The number of hydrogen-bond donors (Lipinski definition) is 1. The van der Waals surface area contributed by atoms with Crippen LogP contribution in [-0.2, 0) is 29.6 Å². The highest BCUT2D eigenvalue weighted by atomic mass is 79.9. The maximum absolute atomic E-state index is 13.1. The zero-order valence-corrected chi connectivity index (χ0v) is 19.9. The molecule has 164 valence electrons. The number of nitrogens with one attached hydrogen (secondary N) is 1. The Morgan fingerprint density at radius 1 is 1.19 bits per heavy atom. The first-order valence-corrected chi connectivity index (χ1v) is 12.0. The van der Waals surface area contributed by atoms with Crippen molar-refractivity contribution in [3.05, 3.63) is 96.6 Å². The Labute approximate surface area is 200 Å². The normalized spacial score (nSPS) is 16.9. The lowest BCUT2D eigenvalue weighted by atomic mass is 9.94. The summed E-state index contributed by atoms with van der Waals surface area (Å²) in [5.74, 6) is 0.745. The van der Waals surface area contributed by atoms with Gasteiger partial charge in [-0.2, -0.15) is 0 Å². The summed E-state index contributed by atoms with van der Waals surface area (Å²) in [6.45, 7) is 0.923. The molecule has 0 radical (unpaired) electrons. The summed E-state index contributed by atoms with van der Waals surface area (Å²) in [6.07, 6.45) is 3.67. The van der Waals surface area contributed by atoms with Gasteiger partial charge < -0.3 is 9.88 Å². The van der Waals surface area contributed by atoms with Crippen molar-refractivity contribution in [3.63, 3.8) is 0 Å². The van der Waals surface area contributed by atoms with E-state index in [1.54, 1.807) is 4.90 Å². The van der Waals surface area contributed by atoms with Crippen LogP contribution < -0.4 is 5.56 Å². The topological polar surface area (TPSA) is 66.1 Å². The zero-order chi connectivity index (χ0) is 22.3. The first-order valence-electron chi connectivity index (χ1n) is 10.9. The molecule has 1 aliphatic heterocycles. The van der Waals surface area contributed by atoms with E-state index in [2.05, 4.69) is 20.9 Å². The summed E-state index contributed by atoms with van der Waals surface area (Å²) < 4.78 is 0.950. The van der Waals surface area contributed by atoms with Gasteiger partial charge >= 0.3 is 0 Å². The van der Waals surface area contributed by atoms with E-state index < -0.39 is 0 Å². The predicted octanol–water partition coefficient (Wildman–Crippen LogP) is 4.78. The molecular weight excluding hydrogens is 490 g/mol. The number of carbonyl (C=O) groups is 1. The number of amides is 1. The van der Waals surface area contributed by atoms with Gasteiger partial charge in [-0.15, -0.1) is 0 Å². The number of aromatic nitrogens is 2. The minimum atomic E-state index is -0.262. The van der Waals surface area contributed by atoms with Crippen LogP contribution in [0.25, 0.3) is 0 Å². The van der Waals surface area contributed by atoms with Gasteiger partial charge in [0, 0.05) is 16.0 Å². The van der Waals surface area contributed by atoms with Crippen molar-refractivity contribution in [1.29, 1.82) is 0 Å². The molecule has 0 saturated heterocycles. The Hall–Kier alpha value is -2.44. The maximum Gasteiger partial charge on any atom is 0.256 e.